The molecule has 142 valence electrons. The zero-order chi connectivity index (χ0) is 18.9. The SMILES string of the molecule is CC[Si](CC)(CC)Oc1ccc(CC=O)cc1O[Si](CC)(CC)CC. The predicted molar refractivity (Wildman–Crippen MR) is 112 cm³/mol. The summed E-state index contributed by atoms with van der Waals surface area (Å²) in [5.74, 6) is 1.75. The van der Waals surface area contributed by atoms with E-state index in [1.807, 2.05) is 18.2 Å². The van der Waals surface area contributed by atoms with E-state index in [-0.39, 0.29) is 0 Å². The molecule has 0 heterocycles. The highest BCUT2D eigenvalue weighted by Crippen LogP contribution is 2.37. The van der Waals surface area contributed by atoms with Gasteiger partial charge in [-0.15, -0.1) is 0 Å². The number of aldehydes is 1. The Morgan fingerprint density at radius 3 is 1.60 bits per heavy atom. The van der Waals surface area contributed by atoms with Crippen molar-refractivity contribution in [2.75, 3.05) is 0 Å². The summed E-state index contributed by atoms with van der Waals surface area (Å²) in [7, 11) is -3.56. The van der Waals surface area contributed by atoms with Crippen LogP contribution >= 0.6 is 0 Å². The summed E-state index contributed by atoms with van der Waals surface area (Å²) in [6.07, 6.45) is 1.38. The van der Waals surface area contributed by atoms with E-state index in [9.17, 15) is 4.79 Å². The highest BCUT2D eigenvalue weighted by atomic mass is 28.4. The zero-order valence-corrected chi connectivity index (χ0v) is 19.0. The van der Waals surface area contributed by atoms with E-state index >= 15 is 0 Å². The maximum Gasteiger partial charge on any atom is 0.250 e. The lowest BCUT2D eigenvalue weighted by molar-refractivity contribution is -0.107. The summed E-state index contributed by atoms with van der Waals surface area (Å²) >= 11 is 0. The Labute approximate surface area is 156 Å². The van der Waals surface area contributed by atoms with Gasteiger partial charge in [0, 0.05) is 6.42 Å². The molecular weight excluding hydrogens is 344 g/mol. The van der Waals surface area contributed by atoms with Crippen molar-refractivity contribution in [1.82, 2.24) is 0 Å². The third-order valence-electron chi connectivity index (χ3n) is 5.85. The molecule has 1 rings (SSSR count). The molecule has 1 aromatic carbocycles. The second-order valence-electron chi connectivity index (χ2n) is 6.84. The summed E-state index contributed by atoms with van der Waals surface area (Å²) in [6, 6.07) is 12.7. The van der Waals surface area contributed by atoms with E-state index in [0.717, 1.165) is 59.6 Å². The molecule has 0 saturated heterocycles. The molecule has 0 aliphatic rings. The average molecular weight is 381 g/mol. The second-order valence-corrected chi connectivity index (χ2v) is 16.2. The van der Waals surface area contributed by atoms with Crippen molar-refractivity contribution in [3.05, 3.63) is 23.8 Å². The Bertz CT molecular complexity index is 521. The van der Waals surface area contributed by atoms with E-state index in [2.05, 4.69) is 41.5 Å². The van der Waals surface area contributed by atoms with Crippen molar-refractivity contribution < 1.29 is 13.6 Å². The Morgan fingerprint density at radius 2 is 1.20 bits per heavy atom. The van der Waals surface area contributed by atoms with Crippen LogP contribution in [0.3, 0.4) is 0 Å². The number of benzene rings is 1. The summed E-state index contributed by atoms with van der Waals surface area (Å²) in [6.45, 7) is 13.4. The van der Waals surface area contributed by atoms with Crippen LogP contribution in [0.25, 0.3) is 0 Å². The van der Waals surface area contributed by atoms with E-state index in [4.69, 9.17) is 8.85 Å². The molecule has 0 bridgehead atoms. The predicted octanol–water partition coefficient (Wildman–Crippen LogP) is 6.20. The Kier molecular flexibility index (Phi) is 8.93. The fourth-order valence-electron chi connectivity index (χ4n) is 3.34. The third-order valence-corrected chi connectivity index (χ3v) is 14.9. The molecule has 0 N–H and O–H groups in total. The van der Waals surface area contributed by atoms with Crippen LogP contribution in [-0.4, -0.2) is 22.9 Å². The fourth-order valence-corrected chi connectivity index (χ4v) is 8.47. The number of carbonyl (C=O) groups excluding carboxylic acids is 1. The van der Waals surface area contributed by atoms with Gasteiger partial charge >= 0.3 is 0 Å². The van der Waals surface area contributed by atoms with E-state index < -0.39 is 16.6 Å². The lowest BCUT2D eigenvalue weighted by Crippen LogP contribution is -2.41. The first-order valence-electron chi connectivity index (χ1n) is 9.92. The molecule has 0 atom stereocenters. The minimum absolute atomic E-state index is 0.424. The van der Waals surface area contributed by atoms with Crippen LogP contribution in [0.2, 0.25) is 36.3 Å². The molecule has 0 aromatic heterocycles. The minimum atomic E-state index is -1.79. The summed E-state index contributed by atoms with van der Waals surface area (Å²) in [5, 5.41) is 0. The molecular formula is C20H36O3Si2. The van der Waals surface area contributed by atoms with Gasteiger partial charge in [0.2, 0.25) is 0 Å². The van der Waals surface area contributed by atoms with Gasteiger partial charge < -0.3 is 13.6 Å². The van der Waals surface area contributed by atoms with Gasteiger partial charge in [-0.3, -0.25) is 0 Å². The molecule has 0 saturated carbocycles. The van der Waals surface area contributed by atoms with Gasteiger partial charge in [0.25, 0.3) is 16.6 Å². The second kappa shape index (κ2) is 10.2. The van der Waals surface area contributed by atoms with E-state index in [1.165, 1.54) is 0 Å². The van der Waals surface area contributed by atoms with Crippen molar-refractivity contribution in [2.24, 2.45) is 0 Å². The van der Waals surface area contributed by atoms with Crippen LogP contribution in [0.4, 0.5) is 0 Å². The molecule has 0 amide bonds. The molecule has 0 radical (unpaired) electrons. The number of carbonyl (C=O) groups is 1. The number of hydrogen-bond acceptors (Lipinski definition) is 3. The molecule has 0 fully saturated rings. The molecule has 3 nitrogen and oxygen atoms in total. The average Bonchev–Trinajstić information content (AvgIpc) is 2.66. The Morgan fingerprint density at radius 1 is 0.760 bits per heavy atom. The number of rotatable bonds is 12. The van der Waals surface area contributed by atoms with Gasteiger partial charge in [0.1, 0.15) is 17.8 Å². The monoisotopic (exact) mass is 380 g/mol. The van der Waals surface area contributed by atoms with Crippen LogP contribution in [0.1, 0.15) is 47.1 Å². The van der Waals surface area contributed by atoms with E-state index in [0.29, 0.717) is 6.42 Å². The highest BCUT2D eigenvalue weighted by molar-refractivity contribution is 6.75. The van der Waals surface area contributed by atoms with Crippen molar-refractivity contribution in [1.29, 1.82) is 0 Å². The topological polar surface area (TPSA) is 35.5 Å². The van der Waals surface area contributed by atoms with Crippen LogP contribution in [0.15, 0.2) is 18.2 Å². The van der Waals surface area contributed by atoms with Gasteiger partial charge in [-0.25, -0.2) is 0 Å². The van der Waals surface area contributed by atoms with Gasteiger partial charge in [-0.05, 0) is 54.0 Å². The van der Waals surface area contributed by atoms with Crippen molar-refractivity contribution in [2.45, 2.75) is 84.2 Å². The first-order valence-corrected chi connectivity index (χ1v) is 15.0. The molecule has 0 aliphatic heterocycles. The maximum absolute atomic E-state index is 10.9. The molecule has 25 heavy (non-hydrogen) atoms. The molecule has 0 aliphatic carbocycles. The summed E-state index contributed by atoms with van der Waals surface area (Å²) in [5.41, 5.74) is 1.00. The first kappa shape index (κ1) is 22.0. The molecule has 1 aromatic rings. The number of hydrogen-bond donors (Lipinski definition) is 0. The van der Waals surface area contributed by atoms with Crippen molar-refractivity contribution in [3.8, 4) is 11.5 Å². The van der Waals surface area contributed by atoms with Gasteiger partial charge in [-0.1, -0.05) is 47.6 Å². The maximum atomic E-state index is 10.9. The normalized spacial score (nSPS) is 12.1. The molecule has 0 unspecified atom stereocenters. The smallest absolute Gasteiger partial charge is 0.250 e. The van der Waals surface area contributed by atoms with Gasteiger partial charge in [0.05, 0.1) is 0 Å². The molecule has 5 heteroatoms. The third kappa shape index (κ3) is 5.45. The lowest BCUT2D eigenvalue weighted by atomic mass is 10.1. The van der Waals surface area contributed by atoms with Crippen molar-refractivity contribution >= 4 is 22.9 Å². The van der Waals surface area contributed by atoms with E-state index in [1.54, 1.807) is 0 Å². The largest absolute Gasteiger partial charge is 0.541 e. The zero-order valence-electron chi connectivity index (χ0n) is 17.0. The highest BCUT2D eigenvalue weighted by Gasteiger charge is 2.34. The first-order chi connectivity index (χ1) is 12.0. The Hall–Kier alpha value is -1.08. The fraction of sp³-hybridized carbons (Fsp3) is 0.650. The van der Waals surface area contributed by atoms with Crippen LogP contribution in [0, 0.1) is 0 Å². The molecule has 0 spiro atoms. The van der Waals surface area contributed by atoms with Gasteiger partial charge in [0.15, 0.2) is 0 Å². The summed E-state index contributed by atoms with van der Waals surface area (Å²) in [4.78, 5) is 10.9. The van der Waals surface area contributed by atoms with Gasteiger partial charge in [-0.2, -0.15) is 0 Å². The standard InChI is InChI=1S/C20H36O3Si2/c1-7-24(8-2,9-3)22-19-14-13-18(15-16-21)17-20(19)23-25(10-4,11-5)12-6/h13-14,16-17H,7-12,15H2,1-6H3. The van der Waals surface area contributed by atoms with Crippen LogP contribution < -0.4 is 8.85 Å². The van der Waals surface area contributed by atoms with Crippen LogP contribution in [0.5, 0.6) is 11.5 Å². The van der Waals surface area contributed by atoms with Crippen molar-refractivity contribution in [3.63, 3.8) is 0 Å². The lowest BCUT2D eigenvalue weighted by Gasteiger charge is -2.34. The summed E-state index contributed by atoms with van der Waals surface area (Å²) < 4.78 is 13.3. The quantitative estimate of drug-likeness (QED) is 0.320. The van der Waals surface area contributed by atoms with Crippen LogP contribution in [-0.2, 0) is 11.2 Å². The Balaban J connectivity index is 3.30. The minimum Gasteiger partial charge on any atom is -0.541 e.